The quantitative estimate of drug-likeness (QED) is 0.450. The van der Waals surface area contributed by atoms with Crippen LogP contribution in [0.25, 0.3) is 11.3 Å². The fourth-order valence-corrected chi connectivity index (χ4v) is 3.81. The lowest BCUT2D eigenvalue weighted by atomic mass is 10.2. The Morgan fingerprint density at radius 1 is 1.03 bits per heavy atom. The van der Waals surface area contributed by atoms with Crippen LogP contribution in [0, 0.1) is 5.82 Å². The van der Waals surface area contributed by atoms with Crippen LogP contribution in [-0.2, 0) is 20.9 Å². The molecule has 3 rings (SSSR count). The Morgan fingerprint density at radius 2 is 1.70 bits per heavy atom. The van der Waals surface area contributed by atoms with E-state index in [4.69, 9.17) is 14.2 Å². The van der Waals surface area contributed by atoms with Gasteiger partial charge >= 0.3 is 5.97 Å². The molecule has 0 saturated carbocycles. The number of esters is 1. The van der Waals surface area contributed by atoms with Crippen molar-refractivity contribution in [2.24, 2.45) is 0 Å². The Bertz CT molecular complexity index is 1080. The zero-order chi connectivity index (χ0) is 23.8. The van der Waals surface area contributed by atoms with E-state index in [2.05, 4.69) is 10.3 Å². The van der Waals surface area contributed by atoms with Crippen molar-refractivity contribution in [1.29, 1.82) is 0 Å². The van der Waals surface area contributed by atoms with E-state index in [1.54, 1.807) is 54.8 Å². The molecule has 0 unspecified atom stereocenters. The van der Waals surface area contributed by atoms with Crippen LogP contribution in [0.1, 0.15) is 5.56 Å². The van der Waals surface area contributed by atoms with Crippen molar-refractivity contribution in [1.82, 2.24) is 9.88 Å². The first-order valence-corrected chi connectivity index (χ1v) is 10.8. The summed E-state index contributed by atoms with van der Waals surface area (Å²) < 4.78 is 28.5. The number of benzene rings is 2. The van der Waals surface area contributed by atoms with E-state index in [9.17, 15) is 14.0 Å². The highest BCUT2D eigenvalue weighted by Gasteiger charge is 2.18. The molecule has 8 nitrogen and oxygen atoms in total. The van der Waals surface area contributed by atoms with Gasteiger partial charge in [-0.25, -0.2) is 9.37 Å². The standard InChI is InChI=1S/C23H24FN3O5S/c1-30-18-8-15(9-19(10-18)31-2)11-27(13-22(29)32-3)12-21(28)26-23-25-20(14-33-23)16-4-6-17(24)7-5-16/h4-10,14H,11-13H2,1-3H3,(H,25,26,28). The molecular weight excluding hydrogens is 449 g/mol. The number of nitrogens with one attached hydrogen (secondary N) is 1. The second-order valence-electron chi connectivity index (χ2n) is 7.04. The summed E-state index contributed by atoms with van der Waals surface area (Å²) >= 11 is 1.26. The van der Waals surface area contributed by atoms with Crippen LogP contribution in [-0.4, -0.2) is 56.2 Å². The van der Waals surface area contributed by atoms with Gasteiger partial charge in [0.1, 0.15) is 17.3 Å². The van der Waals surface area contributed by atoms with Gasteiger partial charge in [0, 0.05) is 23.6 Å². The minimum absolute atomic E-state index is 0.0694. The molecule has 1 heterocycles. The van der Waals surface area contributed by atoms with Crippen LogP contribution >= 0.6 is 11.3 Å². The van der Waals surface area contributed by atoms with Crippen LogP contribution < -0.4 is 14.8 Å². The van der Waals surface area contributed by atoms with Crippen LogP contribution in [0.2, 0.25) is 0 Å². The maximum absolute atomic E-state index is 13.1. The van der Waals surface area contributed by atoms with Crippen molar-refractivity contribution in [3.05, 3.63) is 59.2 Å². The lowest BCUT2D eigenvalue weighted by Crippen LogP contribution is -2.37. The zero-order valence-electron chi connectivity index (χ0n) is 18.5. The van der Waals surface area contributed by atoms with E-state index in [1.807, 2.05) is 0 Å². The Balaban J connectivity index is 1.69. The van der Waals surface area contributed by atoms with Crippen molar-refractivity contribution in [3.8, 4) is 22.8 Å². The van der Waals surface area contributed by atoms with Crippen molar-refractivity contribution >= 4 is 28.3 Å². The van der Waals surface area contributed by atoms with Gasteiger partial charge in [0.25, 0.3) is 0 Å². The van der Waals surface area contributed by atoms with Crippen molar-refractivity contribution < 1.29 is 28.2 Å². The Hall–Kier alpha value is -3.50. The molecule has 174 valence electrons. The lowest BCUT2D eigenvalue weighted by molar-refractivity contribution is -0.142. The molecule has 0 saturated heterocycles. The van der Waals surface area contributed by atoms with E-state index < -0.39 is 5.97 Å². The third kappa shape index (κ3) is 6.99. The fourth-order valence-electron chi connectivity index (χ4n) is 3.08. The molecule has 0 bridgehead atoms. The molecular formula is C23H24FN3O5S. The van der Waals surface area contributed by atoms with E-state index in [0.717, 1.165) is 11.1 Å². The van der Waals surface area contributed by atoms with Crippen molar-refractivity contribution in [2.45, 2.75) is 6.54 Å². The molecule has 3 aromatic rings. The predicted molar refractivity (Wildman–Crippen MR) is 123 cm³/mol. The number of carbonyl (C=O) groups excluding carboxylic acids is 2. The van der Waals surface area contributed by atoms with E-state index in [1.165, 1.54) is 30.6 Å². The maximum atomic E-state index is 13.1. The first kappa shape index (κ1) is 24.1. The predicted octanol–water partition coefficient (Wildman–Crippen LogP) is 3.58. The average Bonchev–Trinajstić information content (AvgIpc) is 3.27. The number of nitrogens with zero attached hydrogens (tertiary/aromatic N) is 2. The minimum Gasteiger partial charge on any atom is -0.497 e. The third-order valence-corrected chi connectivity index (χ3v) is 5.41. The van der Waals surface area contributed by atoms with Gasteiger partial charge in [0.15, 0.2) is 5.13 Å². The van der Waals surface area contributed by atoms with Gasteiger partial charge in [0.2, 0.25) is 5.91 Å². The highest BCUT2D eigenvalue weighted by molar-refractivity contribution is 7.14. The van der Waals surface area contributed by atoms with E-state index in [-0.39, 0.29) is 31.4 Å². The number of aromatic nitrogens is 1. The smallest absolute Gasteiger partial charge is 0.319 e. The van der Waals surface area contributed by atoms with E-state index >= 15 is 0 Å². The first-order chi connectivity index (χ1) is 15.9. The Labute approximate surface area is 194 Å². The number of methoxy groups -OCH3 is 3. The minimum atomic E-state index is -0.467. The summed E-state index contributed by atoms with van der Waals surface area (Å²) in [6.07, 6.45) is 0. The Kier molecular flexibility index (Phi) is 8.34. The number of ether oxygens (including phenoxy) is 3. The third-order valence-electron chi connectivity index (χ3n) is 4.66. The van der Waals surface area contributed by atoms with Crippen molar-refractivity contribution in [3.63, 3.8) is 0 Å². The first-order valence-electron chi connectivity index (χ1n) is 9.92. The topological polar surface area (TPSA) is 90.0 Å². The second kappa shape index (κ2) is 11.4. The Morgan fingerprint density at radius 3 is 2.30 bits per heavy atom. The molecule has 33 heavy (non-hydrogen) atoms. The van der Waals surface area contributed by atoms with Crippen LogP contribution in [0.3, 0.4) is 0 Å². The van der Waals surface area contributed by atoms with Crippen LogP contribution in [0.15, 0.2) is 47.8 Å². The largest absolute Gasteiger partial charge is 0.497 e. The molecule has 0 aliphatic carbocycles. The summed E-state index contributed by atoms with van der Waals surface area (Å²) in [5.41, 5.74) is 2.17. The molecule has 0 radical (unpaired) electrons. The molecule has 1 aromatic heterocycles. The van der Waals surface area contributed by atoms with Crippen LogP contribution in [0.4, 0.5) is 9.52 Å². The molecule has 0 spiro atoms. The lowest BCUT2D eigenvalue weighted by Gasteiger charge is -2.21. The molecule has 10 heteroatoms. The number of anilines is 1. The number of rotatable bonds is 10. The van der Waals surface area contributed by atoms with Gasteiger partial charge in [-0.3, -0.25) is 14.5 Å². The van der Waals surface area contributed by atoms with Gasteiger partial charge in [0.05, 0.1) is 40.1 Å². The number of carbonyl (C=O) groups is 2. The molecule has 0 aliphatic rings. The van der Waals surface area contributed by atoms with Gasteiger partial charge in [-0.05, 0) is 42.0 Å². The number of hydrogen-bond acceptors (Lipinski definition) is 8. The summed E-state index contributed by atoms with van der Waals surface area (Å²) in [7, 11) is 4.39. The molecule has 2 aromatic carbocycles. The highest BCUT2D eigenvalue weighted by Crippen LogP contribution is 2.26. The van der Waals surface area contributed by atoms with Gasteiger partial charge in [-0.1, -0.05) is 0 Å². The molecule has 1 N–H and O–H groups in total. The average molecular weight is 474 g/mol. The molecule has 0 fully saturated rings. The zero-order valence-corrected chi connectivity index (χ0v) is 19.3. The molecule has 0 atom stereocenters. The van der Waals surface area contributed by atoms with Crippen LogP contribution in [0.5, 0.6) is 11.5 Å². The van der Waals surface area contributed by atoms with Gasteiger partial charge < -0.3 is 19.5 Å². The monoisotopic (exact) mass is 473 g/mol. The number of hydrogen-bond donors (Lipinski definition) is 1. The number of amides is 1. The fraction of sp³-hybridized carbons (Fsp3) is 0.261. The normalized spacial score (nSPS) is 10.7. The SMILES string of the molecule is COC(=O)CN(CC(=O)Nc1nc(-c2ccc(F)cc2)cs1)Cc1cc(OC)cc(OC)c1. The maximum Gasteiger partial charge on any atom is 0.319 e. The van der Waals surface area contributed by atoms with Gasteiger partial charge in [-0.2, -0.15) is 0 Å². The van der Waals surface area contributed by atoms with Crippen molar-refractivity contribution in [2.75, 3.05) is 39.7 Å². The summed E-state index contributed by atoms with van der Waals surface area (Å²) in [5.74, 6) is 0.0620. The molecule has 0 aliphatic heterocycles. The number of thiazole rings is 1. The second-order valence-corrected chi connectivity index (χ2v) is 7.89. The summed E-state index contributed by atoms with van der Waals surface area (Å²) in [5, 5.41) is 4.93. The summed E-state index contributed by atoms with van der Waals surface area (Å²) in [4.78, 5) is 30.6. The van der Waals surface area contributed by atoms with Gasteiger partial charge in [-0.15, -0.1) is 11.3 Å². The number of halogens is 1. The molecule has 1 amide bonds. The van der Waals surface area contributed by atoms with E-state index in [0.29, 0.717) is 22.3 Å². The summed E-state index contributed by atoms with van der Waals surface area (Å²) in [6.45, 7) is 0.136. The highest BCUT2D eigenvalue weighted by atomic mass is 32.1. The summed E-state index contributed by atoms with van der Waals surface area (Å²) in [6, 6.07) is 11.3.